The summed E-state index contributed by atoms with van der Waals surface area (Å²) < 4.78 is 5.39. The molecule has 1 heterocycles. The molecule has 1 aromatic rings. The molecular formula is C12H15NO2. The van der Waals surface area contributed by atoms with Gasteiger partial charge in [-0.1, -0.05) is 18.2 Å². The summed E-state index contributed by atoms with van der Waals surface area (Å²) >= 11 is 0. The number of ether oxygens (including phenoxy) is 1. The highest BCUT2D eigenvalue weighted by Crippen LogP contribution is 2.12. The lowest BCUT2D eigenvalue weighted by Crippen LogP contribution is -2.22. The van der Waals surface area contributed by atoms with Gasteiger partial charge < -0.3 is 9.64 Å². The number of esters is 1. The van der Waals surface area contributed by atoms with E-state index in [0.717, 1.165) is 19.5 Å². The van der Waals surface area contributed by atoms with Crippen LogP contribution in [-0.2, 0) is 4.74 Å². The lowest BCUT2D eigenvalue weighted by molar-refractivity contribution is 0.0327. The van der Waals surface area contributed by atoms with Gasteiger partial charge in [-0.2, -0.15) is 0 Å². The minimum absolute atomic E-state index is 0.0581. The summed E-state index contributed by atoms with van der Waals surface area (Å²) in [6, 6.07) is 9.14. The molecule has 0 amide bonds. The van der Waals surface area contributed by atoms with Crippen molar-refractivity contribution in [3.05, 3.63) is 35.9 Å². The summed E-state index contributed by atoms with van der Waals surface area (Å²) in [7, 11) is 2.04. The van der Waals surface area contributed by atoms with Crippen molar-refractivity contribution in [2.45, 2.75) is 12.5 Å². The zero-order valence-corrected chi connectivity index (χ0v) is 8.85. The molecule has 0 radical (unpaired) electrons. The number of benzene rings is 1. The Kier molecular flexibility index (Phi) is 3.02. The van der Waals surface area contributed by atoms with Crippen molar-refractivity contribution in [2.24, 2.45) is 0 Å². The molecular weight excluding hydrogens is 190 g/mol. The lowest BCUT2D eigenvalue weighted by Gasteiger charge is -2.11. The molecule has 1 aliphatic rings. The van der Waals surface area contributed by atoms with E-state index in [4.69, 9.17) is 4.74 Å². The molecule has 15 heavy (non-hydrogen) atoms. The first-order valence-corrected chi connectivity index (χ1v) is 5.20. The maximum Gasteiger partial charge on any atom is 0.338 e. The molecule has 0 saturated carbocycles. The van der Waals surface area contributed by atoms with Gasteiger partial charge >= 0.3 is 5.97 Å². The first-order valence-electron chi connectivity index (χ1n) is 5.20. The Morgan fingerprint density at radius 2 is 2.13 bits per heavy atom. The number of hydrogen-bond acceptors (Lipinski definition) is 3. The summed E-state index contributed by atoms with van der Waals surface area (Å²) in [5.74, 6) is -0.212. The van der Waals surface area contributed by atoms with Crippen molar-refractivity contribution in [1.29, 1.82) is 0 Å². The van der Waals surface area contributed by atoms with E-state index < -0.39 is 0 Å². The van der Waals surface area contributed by atoms with E-state index in [1.165, 1.54) is 0 Å². The van der Waals surface area contributed by atoms with E-state index in [0.29, 0.717) is 5.56 Å². The van der Waals surface area contributed by atoms with E-state index in [2.05, 4.69) is 4.90 Å². The molecule has 1 aliphatic heterocycles. The highest BCUT2D eigenvalue weighted by Gasteiger charge is 2.23. The largest absolute Gasteiger partial charge is 0.457 e. The summed E-state index contributed by atoms with van der Waals surface area (Å²) in [5, 5.41) is 0. The maximum absolute atomic E-state index is 11.7. The van der Waals surface area contributed by atoms with Gasteiger partial charge in [-0.25, -0.2) is 4.79 Å². The molecule has 1 saturated heterocycles. The fraction of sp³-hybridized carbons (Fsp3) is 0.417. The molecule has 0 bridgehead atoms. The van der Waals surface area contributed by atoms with Crippen LogP contribution >= 0.6 is 0 Å². The standard InChI is InChI=1S/C12H15NO2/c1-13-8-7-11(9-13)15-12(14)10-5-3-2-4-6-10/h2-6,11H,7-9H2,1H3/t11-/m1/s1. The third-order valence-corrected chi connectivity index (χ3v) is 2.63. The Labute approximate surface area is 89.7 Å². The molecule has 0 aliphatic carbocycles. The summed E-state index contributed by atoms with van der Waals surface area (Å²) in [6.07, 6.45) is 0.998. The van der Waals surface area contributed by atoms with Crippen LogP contribution in [0.2, 0.25) is 0 Å². The molecule has 3 nitrogen and oxygen atoms in total. The minimum atomic E-state index is -0.212. The molecule has 0 spiro atoms. The van der Waals surface area contributed by atoms with Crippen LogP contribution < -0.4 is 0 Å². The molecule has 2 rings (SSSR count). The fourth-order valence-corrected chi connectivity index (χ4v) is 1.78. The van der Waals surface area contributed by atoms with Crippen molar-refractivity contribution >= 4 is 5.97 Å². The second-order valence-corrected chi connectivity index (χ2v) is 3.94. The molecule has 1 atom stereocenters. The second kappa shape index (κ2) is 4.45. The van der Waals surface area contributed by atoms with Gasteiger partial charge in [0.2, 0.25) is 0 Å². The van der Waals surface area contributed by atoms with Crippen molar-refractivity contribution in [1.82, 2.24) is 4.90 Å². The topological polar surface area (TPSA) is 29.5 Å². The SMILES string of the molecule is CN1CC[C@@H](OC(=O)c2ccccc2)C1. The number of hydrogen-bond donors (Lipinski definition) is 0. The van der Waals surface area contributed by atoms with Gasteiger partial charge in [0.05, 0.1) is 5.56 Å². The van der Waals surface area contributed by atoms with E-state index >= 15 is 0 Å². The number of likely N-dealkylation sites (N-methyl/N-ethyl adjacent to an activating group) is 1. The van der Waals surface area contributed by atoms with Crippen molar-refractivity contribution < 1.29 is 9.53 Å². The molecule has 0 aromatic heterocycles. The molecule has 1 aromatic carbocycles. The number of carbonyl (C=O) groups excluding carboxylic acids is 1. The third-order valence-electron chi connectivity index (χ3n) is 2.63. The molecule has 0 N–H and O–H groups in total. The Bertz CT molecular complexity index is 337. The zero-order chi connectivity index (χ0) is 10.7. The summed E-state index contributed by atoms with van der Waals surface area (Å²) in [4.78, 5) is 13.8. The van der Waals surface area contributed by atoms with Crippen LogP contribution in [0.3, 0.4) is 0 Å². The van der Waals surface area contributed by atoms with E-state index in [9.17, 15) is 4.79 Å². The minimum Gasteiger partial charge on any atom is -0.457 e. The average molecular weight is 205 g/mol. The zero-order valence-electron chi connectivity index (χ0n) is 8.85. The predicted octanol–water partition coefficient (Wildman–Crippen LogP) is 1.55. The number of nitrogens with zero attached hydrogens (tertiary/aromatic N) is 1. The highest BCUT2D eigenvalue weighted by molar-refractivity contribution is 5.89. The Balaban J connectivity index is 1.93. The van der Waals surface area contributed by atoms with Gasteiger partial charge in [-0.05, 0) is 25.6 Å². The number of likely N-dealkylation sites (tertiary alicyclic amines) is 1. The smallest absolute Gasteiger partial charge is 0.338 e. The Hall–Kier alpha value is -1.35. The van der Waals surface area contributed by atoms with Crippen LogP contribution in [0.5, 0.6) is 0 Å². The lowest BCUT2D eigenvalue weighted by atomic mass is 10.2. The normalized spacial score (nSPS) is 21.5. The number of rotatable bonds is 2. The summed E-state index contributed by atoms with van der Waals surface area (Å²) in [6.45, 7) is 1.85. The van der Waals surface area contributed by atoms with Gasteiger partial charge in [0.1, 0.15) is 6.10 Å². The molecule has 3 heteroatoms. The van der Waals surface area contributed by atoms with E-state index in [-0.39, 0.29) is 12.1 Å². The van der Waals surface area contributed by atoms with Crippen LogP contribution in [0, 0.1) is 0 Å². The predicted molar refractivity (Wildman–Crippen MR) is 57.8 cm³/mol. The molecule has 80 valence electrons. The van der Waals surface area contributed by atoms with Crippen LogP contribution in [0.1, 0.15) is 16.8 Å². The van der Waals surface area contributed by atoms with Crippen LogP contribution in [0.25, 0.3) is 0 Å². The first-order chi connectivity index (χ1) is 7.25. The van der Waals surface area contributed by atoms with Crippen LogP contribution in [0.4, 0.5) is 0 Å². The highest BCUT2D eigenvalue weighted by atomic mass is 16.5. The first kappa shape index (κ1) is 10.2. The third kappa shape index (κ3) is 2.57. The Morgan fingerprint density at radius 3 is 2.73 bits per heavy atom. The van der Waals surface area contributed by atoms with Gasteiger partial charge in [0.15, 0.2) is 0 Å². The molecule has 1 fully saturated rings. The van der Waals surface area contributed by atoms with Crippen LogP contribution in [-0.4, -0.2) is 37.1 Å². The quantitative estimate of drug-likeness (QED) is 0.686. The molecule has 0 unspecified atom stereocenters. The van der Waals surface area contributed by atoms with Crippen molar-refractivity contribution in [3.8, 4) is 0 Å². The van der Waals surface area contributed by atoms with Gasteiger partial charge in [-0.3, -0.25) is 0 Å². The van der Waals surface area contributed by atoms with Crippen LogP contribution in [0.15, 0.2) is 30.3 Å². The summed E-state index contributed by atoms with van der Waals surface area (Å²) in [5.41, 5.74) is 0.632. The van der Waals surface area contributed by atoms with Gasteiger partial charge in [0.25, 0.3) is 0 Å². The average Bonchev–Trinajstić information content (AvgIpc) is 2.65. The fourth-order valence-electron chi connectivity index (χ4n) is 1.78. The van der Waals surface area contributed by atoms with Gasteiger partial charge in [0, 0.05) is 13.1 Å². The second-order valence-electron chi connectivity index (χ2n) is 3.94. The maximum atomic E-state index is 11.7. The number of carbonyl (C=O) groups is 1. The van der Waals surface area contributed by atoms with E-state index in [1.54, 1.807) is 12.1 Å². The monoisotopic (exact) mass is 205 g/mol. The van der Waals surface area contributed by atoms with Gasteiger partial charge in [-0.15, -0.1) is 0 Å². The Morgan fingerprint density at radius 1 is 1.40 bits per heavy atom. The van der Waals surface area contributed by atoms with E-state index in [1.807, 2.05) is 25.2 Å². The van der Waals surface area contributed by atoms with Crippen molar-refractivity contribution in [3.63, 3.8) is 0 Å². The van der Waals surface area contributed by atoms with Crippen molar-refractivity contribution in [2.75, 3.05) is 20.1 Å².